The third-order valence-electron chi connectivity index (χ3n) is 3.05. The molecule has 0 amide bonds. The number of hydrogen-bond donors (Lipinski definition) is 1. The quantitative estimate of drug-likeness (QED) is 0.477. The molecular formula is C15H22IN5. The first-order chi connectivity index (χ1) is 9.79. The van der Waals surface area contributed by atoms with E-state index in [4.69, 9.17) is 0 Å². The van der Waals surface area contributed by atoms with E-state index in [1.54, 1.807) is 13.2 Å². The van der Waals surface area contributed by atoms with Crippen molar-refractivity contribution in [2.24, 2.45) is 4.99 Å². The smallest absolute Gasteiger partial charge is 0.193 e. The second-order valence-corrected chi connectivity index (χ2v) is 4.62. The molecule has 0 bridgehead atoms. The second-order valence-electron chi connectivity index (χ2n) is 4.62. The van der Waals surface area contributed by atoms with Crippen LogP contribution < -0.4 is 5.32 Å². The first-order valence-electron chi connectivity index (χ1n) is 6.71. The number of guanidine groups is 1. The fraction of sp³-hybridized carbons (Fsp3) is 0.333. The van der Waals surface area contributed by atoms with E-state index in [2.05, 4.69) is 44.5 Å². The molecule has 0 unspecified atom stereocenters. The van der Waals surface area contributed by atoms with Crippen LogP contribution in [-0.2, 0) is 13.1 Å². The first kappa shape index (κ1) is 17.5. The molecule has 0 atom stereocenters. The van der Waals surface area contributed by atoms with Crippen LogP contribution >= 0.6 is 24.0 Å². The maximum absolute atomic E-state index is 4.31. The summed E-state index contributed by atoms with van der Waals surface area (Å²) in [5.74, 6) is 0.897. The van der Waals surface area contributed by atoms with Gasteiger partial charge >= 0.3 is 0 Å². The highest BCUT2D eigenvalue weighted by Gasteiger charge is 2.05. The van der Waals surface area contributed by atoms with Crippen LogP contribution in [0.4, 0.5) is 0 Å². The van der Waals surface area contributed by atoms with Crippen molar-refractivity contribution in [1.29, 1.82) is 0 Å². The molecule has 0 radical (unpaired) electrons. The normalized spacial score (nSPS) is 10.9. The van der Waals surface area contributed by atoms with E-state index in [9.17, 15) is 0 Å². The number of hydrogen-bond acceptors (Lipinski definition) is 2. The Hall–Kier alpha value is -1.57. The minimum atomic E-state index is 0. The van der Waals surface area contributed by atoms with E-state index < -0.39 is 0 Å². The lowest BCUT2D eigenvalue weighted by atomic mass is 10.2. The summed E-state index contributed by atoms with van der Waals surface area (Å²) >= 11 is 0. The Morgan fingerprint density at radius 3 is 2.71 bits per heavy atom. The molecule has 1 aromatic heterocycles. The Bertz CT molecular complexity index is 524. The minimum Gasteiger partial charge on any atom is -0.354 e. The topological polar surface area (TPSA) is 45.5 Å². The van der Waals surface area contributed by atoms with Gasteiger partial charge < -0.3 is 14.8 Å². The SMILES string of the molecule is CN=C(NCCn1ccnc1)N(C)Cc1ccccc1.I. The van der Waals surface area contributed by atoms with Gasteiger partial charge in [-0.05, 0) is 5.56 Å². The van der Waals surface area contributed by atoms with Gasteiger partial charge in [0.2, 0.25) is 0 Å². The third kappa shape index (κ3) is 5.74. The molecule has 1 aromatic carbocycles. The maximum atomic E-state index is 4.31. The van der Waals surface area contributed by atoms with Crippen molar-refractivity contribution in [3.63, 3.8) is 0 Å². The highest BCUT2D eigenvalue weighted by atomic mass is 127. The van der Waals surface area contributed by atoms with Crippen molar-refractivity contribution in [3.05, 3.63) is 54.6 Å². The molecule has 114 valence electrons. The van der Waals surface area contributed by atoms with Gasteiger partial charge in [-0.1, -0.05) is 30.3 Å². The number of halogens is 1. The fourth-order valence-electron chi connectivity index (χ4n) is 2.03. The van der Waals surface area contributed by atoms with Crippen LogP contribution in [0.1, 0.15) is 5.56 Å². The van der Waals surface area contributed by atoms with E-state index in [0.29, 0.717) is 0 Å². The van der Waals surface area contributed by atoms with Gasteiger partial charge in [-0.3, -0.25) is 4.99 Å². The number of rotatable bonds is 5. The van der Waals surface area contributed by atoms with Crippen molar-refractivity contribution in [2.75, 3.05) is 20.6 Å². The molecule has 0 aliphatic heterocycles. The van der Waals surface area contributed by atoms with Crippen LogP contribution in [0.2, 0.25) is 0 Å². The summed E-state index contributed by atoms with van der Waals surface area (Å²) in [4.78, 5) is 10.4. The van der Waals surface area contributed by atoms with Gasteiger partial charge in [0.15, 0.2) is 5.96 Å². The third-order valence-corrected chi connectivity index (χ3v) is 3.05. The number of nitrogens with one attached hydrogen (secondary N) is 1. The van der Waals surface area contributed by atoms with E-state index in [1.807, 2.05) is 30.2 Å². The summed E-state index contributed by atoms with van der Waals surface area (Å²) in [6.45, 7) is 2.53. The second kappa shape index (κ2) is 9.38. The van der Waals surface area contributed by atoms with Gasteiger partial charge in [0.1, 0.15) is 0 Å². The fourth-order valence-corrected chi connectivity index (χ4v) is 2.03. The lowest BCUT2D eigenvalue weighted by Gasteiger charge is -2.22. The highest BCUT2D eigenvalue weighted by Crippen LogP contribution is 2.02. The molecule has 0 aliphatic rings. The number of benzene rings is 1. The van der Waals surface area contributed by atoms with E-state index in [1.165, 1.54) is 5.56 Å². The minimum absolute atomic E-state index is 0. The molecule has 1 heterocycles. The zero-order valence-corrected chi connectivity index (χ0v) is 14.8. The molecule has 0 spiro atoms. The first-order valence-corrected chi connectivity index (χ1v) is 6.71. The Morgan fingerprint density at radius 1 is 1.33 bits per heavy atom. The molecular weight excluding hydrogens is 377 g/mol. The molecule has 0 saturated carbocycles. The average Bonchev–Trinajstić information content (AvgIpc) is 2.98. The van der Waals surface area contributed by atoms with Gasteiger partial charge in [0.25, 0.3) is 0 Å². The van der Waals surface area contributed by atoms with E-state index in [-0.39, 0.29) is 24.0 Å². The summed E-state index contributed by atoms with van der Waals surface area (Å²) in [5, 5.41) is 3.36. The van der Waals surface area contributed by atoms with Crippen molar-refractivity contribution >= 4 is 29.9 Å². The van der Waals surface area contributed by atoms with Crippen LogP contribution in [-0.4, -0.2) is 41.1 Å². The molecule has 5 nitrogen and oxygen atoms in total. The van der Waals surface area contributed by atoms with Crippen molar-refractivity contribution < 1.29 is 0 Å². The molecule has 21 heavy (non-hydrogen) atoms. The number of aliphatic imine (C=N–C) groups is 1. The molecule has 0 aliphatic carbocycles. The Kier molecular flexibility index (Phi) is 7.81. The number of nitrogens with zero attached hydrogens (tertiary/aromatic N) is 4. The molecule has 0 fully saturated rings. The number of aromatic nitrogens is 2. The standard InChI is InChI=1S/C15H21N5.HI/c1-16-15(18-9-11-20-10-8-17-13-20)19(2)12-14-6-4-3-5-7-14;/h3-8,10,13H,9,11-12H2,1-2H3,(H,16,18);1H. The predicted molar refractivity (Wildman–Crippen MR) is 96.9 cm³/mol. The Labute approximate surface area is 143 Å². The largest absolute Gasteiger partial charge is 0.354 e. The Morgan fingerprint density at radius 2 is 2.10 bits per heavy atom. The summed E-state index contributed by atoms with van der Waals surface area (Å²) in [6.07, 6.45) is 5.56. The average molecular weight is 399 g/mol. The zero-order chi connectivity index (χ0) is 14.2. The predicted octanol–water partition coefficient (Wildman–Crippen LogP) is 2.21. The van der Waals surface area contributed by atoms with Crippen LogP contribution in [0.25, 0.3) is 0 Å². The zero-order valence-electron chi connectivity index (χ0n) is 12.4. The van der Waals surface area contributed by atoms with Crippen molar-refractivity contribution in [2.45, 2.75) is 13.1 Å². The maximum Gasteiger partial charge on any atom is 0.193 e. The summed E-state index contributed by atoms with van der Waals surface area (Å²) in [6, 6.07) is 10.4. The summed E-state index contributed by atoms with van der Waals surface area (Å²) in [7, 11) is 3.85. The van der Waals surface area contributed by atoms with Gasteiger partial charge in [0.05, 0.1) is 6.33 Å². The van der Waals surface area contributed by atoms with Crippen LogP contribution in [0.3, 0.4) is 0 Å². The van der Waals surface area contributed by atoms with Crippen LogP contribution in [0.5, 0.6) is 0 Å². The van der Waals surface area contributed by atoms with E-state index in [0.717, 1.165) is 25.6 Å². The number of imidazole rings is 1. The van der Waals surface area contributed by atoms with Gasteiger partial charge in [-0.15, -0.1) is 24.0 Å². The van der Waals surface area contributed by atoms with Crippen molar-refractivity contribution in [1.82, 2.24) is 19.8 Å². The lowest BCUT2D eigenvalue weighted by Crippen LogP contribution is -2.39. The monoisotopic (exact) mass is 399 g/mol. The molecule has 1 N–H and O–H groups in total. The Balaban J connectivity index is 0.00000220. The van der Waals surface area contributed by atoms with Crippen LogP contribution in [0, 0.1) is 0 Å². The van der Waals surface area contributed by atoms with Gasteiger partial charge in [0, 0.05) is 46.1 Å². The summed E-state index contributed by atoms with van der Waals surface area (Å²) < 4.78 is 2.04. The molecule has 2 aromatic rings. The summed E-state index contributed by atoms with van der Waals surface area (Å²) in [5.41, 5.74) is 1.27. The lowest BCUT2D eigenvalue weighted by molar-refractivity contribution is 0.473. The van der Waals surface area contributed by atoms with Crippen LogP contribution in [0.15, 0.2) is 54.0 Å². The van der Waals surface area contributed by atoms with Crippen molar-refractivity contribution in [3.8, 4) is 0 Å². The molecule has 2 rings (SSSR count). The van der Waals surface area contributed by atoms with E-state index >= 15 is 0 Å². The molecule has 6 heteroatoms. The van der Waals surface area contributed by atoms with Gasteiger partial charge in [-0.25, -0.2) is 4.98 Å². The highest BCUT2D eigenvalue weighted by molar-refractivity contribution is 14.0. The van der Waals surface area contributed by atoms with Gasteiger partial charge in [-0.2, -0.15) is 0 Å². The molecule has 0 saturated heterocycles.